The molecule has 3 heteroatoms. The maximum absolute atomic E-state index is 4.66. The van der Waals surface area contributed by atoms with Crippen LogP contribution in [-0.2, 0) is 0 Å². The Morgan fingerprint density at radius 2 is 0.788 bits per heavy atom. The van der Waals surface area contributed by atoms with E-state index in [1.54, 1.807) is 0 Å². The predicted molar refractivity (Wildman–Crippen MR) is 218 cm³/mol. The first-order valence-electron chi connectivity index (χ1n) is 17.7. The number of hydrogen-bond donors (Lipinski definition) is 0. The molecule has 240 valence electrons. The Morgan fingerprint density at radius 1 is 0.269 bits per heavy atom. The van der Waals surface area contributed by atoms with Gasteiger partial charge in [-0.1, -0.05) is 91.0 Å². The molecule has 0 aliphatic rings. The SMILES string of the molecule is c1cnc2ccc(-c3cc(-c4ccc5ncccc5c4)cc(-c4ccc5ccc6c(-c7cccc8ncccc78)ccc7ccc4c5c76)c3)cc2c1. The average molecular weight is 660 g/mol. The summed E-state index contributed by atoms with van der Waals surface area (Å²) in [6.45, 7) is 0. The summed E-state index contributed by atoms with van der Waals surface area (Å²) in [5.74, 6) is 0. The number of hydrogen-bond acceptors (Lipinski definition) is 3. The molecule has 8 aromatic carbocycles. The van der Waals surface area contributed by atoms with Crippen molar-refractivity contribution in [2.45, 2.75) is 0 Å². The van der Waals surface area contributed by atoms with Gasteiger partial charge in [0, 0.05) is 34.7 Å². The van der Waals surface area contributed by atoms with Crippen LogP contribution in [0, 0.1) is 0 Å². The molecular weight excluding hydrogens is 631 g/mol. The standard InChI is InChI=1S/C49H29N3/c1-7-40(42-8-4-24-52-47(42)9-1)41-17-11-31-12-18-43-39(16-10-30-13-19-44(41)49(31)48(30)43)38-28-36(32-14-20-45-34(25-32)5-2-22-50-45)27-37(29-38)33-15-21-46-35(26-33)6-3-23-51-46/h1-29H. The summed E-state index contributed by atoms with van der Waals surface area (Å²) >= 11 is 0. The van der Waals surface area contributed by atoms with Crippen molar-refractivity contribution in [1.29, 1.82) is 0 Å². The Hall–Kier alpha value is -6.97. The minimum absolute atomic E-state index is 0.996. The molecule has 0 aliphatic heterocycles. The lowest BCUT2D eigenvalue weighted by molar-refractivity contribution is 1.41. The first-order valence-corrected chi connectivity index (χ1v) is 17.7. The third kappa shape index (κ3) is 4.50. The van der Waals surface area contributed by atoms with Crippen molar-refractivity contribution >= 4 is 65.0 Å². The second kappa shape index (κ2) is 11.3. The predicted octanol–water partition coefficient (Wildman–Crippen LogP) is 12.9. The van der Waals surface area contributed by atoms with Crippen LogP contribution in [0.5, 0.6) is 0 Å². The van der Waals surface area contributed by atoms with E-state index in [2.05, 4.69) is 154 Å². The molecule has 0 spiro atoms. The molecule has 0 bridgehead atoms. The van der Waals surface area contributed by atoms with E-state index in [-0.39, 0.29) is 0 Å². The molecule has 0 saturated heterocycles. The minimum Gasteiger partial charge on any atom is -0.256 e. The Morgan fingerprint density at radius 3 is 1.44 bits per heavy atom. The van der Waals surface area contributed by atoms with Gasteiger partial charge in [-0.25, -0.2) is 0 Å². The summed E-state index contributed by atoms with van der Waals surface area (Å²) in [6, 6.07) is 57.4. The number of rotatable bonds is 4. The Kier molecular flexibility index (Phi) is 6.25. The van der Waals surface area contributed by atoms with Crippen LogP contribution in [0.1, 0.15) is 0 Å². The van der Waals surface area contributed by atoms with Gasteiger partial charge in [-0.3, -0.25) is 15.0 Å². The number of aromatic nitrogens is 3. The van der Waals surface area contributed by atoms with Crippen molar-refractivity contribution in [2.75, 3.05) is 0 Å². The highest BCUT2D eigenvalue weighted by atomic mass is 14.6. The molecular formula is C49H29N3. The van der Waals surface area contributed by atoms with Gasteiger partial charge in [0.05, 0.1) is 16.6 Å². The monoisotopic (exact) mass is 659 g/mol. The molecule has 0 amide bonds. The van der Waals surface area contributed by atoms with E-state index in [1.165, 1.54) is 71.1 Å². The molecule has 0 N–H and O–H groups in total. The number of benzene rings is 8. The third-order valence-electron chi connectivity index (χ3n) is 10.7. The third-order valence-corrected chi connectivity index (χ3v) is 10.7. The van der Waals surface area contributed by atoms with Gasteiger partial charge in [-0.15, -0.1) is 0 Å². The van der Waals surface area contributed by atoms with Gasteiger partial charge >= 0.3 is 0 Å². The smallest absolute Gasteiger partial charge is 0.0708 e. The highest BCUT2D eigenvalue weighted by molar-refractivity contribution is 6.28. The molecule has 52 heavy (non-hydrogen) atoms. The number of pyridine rings is 3. The maximum atomic E-state index is 4.66. The fourth-order valence-electron chi connectivity index (χ4n) is 8.25. The largest absolute Gasteiger partial charge is 0.256 e. The summed E-state index contributed by atoms with van der Waals surface area (Å²) in [4.78, 5) is 13.8. The summed E-state index contributed by atoms with van der Waals surface area (Å²) in [7, 11) is 0. The van der Waals surface area contributed by atoms with Crippen LogP contribution in [0.4, 0.5) is 0 Å². The molecule has 0 saturated carbocycles. The van der Waals surface area contributed by atoms with Crippen molar-refractivity contribution in [3.8, 4) is 44.5 Å². The number of nitrogens with zero attached hydrogens (tertiary/aromatic N) is 3. The van der Waals surface area contributed by atoms with E-state index in [0.717, 1.165) is 38.4 Å². The second-order valence-corrected chi connectivity index (χ2v) is 13.6. The summed E-state index contributed by atoms with van der Waals surface area (Å²) < 4.78 is 0. The molecule has 0 fully saturated rings. The van der Waals surface area contributed by atoms with Gasteiger partial charge in [-0.05, 0) is 144 Å². The van der Waals surface area contributed by atoms with E-state index in [0.29, 0.717) is 0 Å². The van der Waals surface area contributed by atoms with Gasteiger partial charge in [0.1, 0.15) is 0 Å². The first-order chi connectivity index (χ1) is 25.7. The van der Waals surface area contributed by atoms with Gasteiger partial charge < -0.3 is 0 Å². The molecule has 3 heterocycles. The van der Waals surface area contributed by atoms with Gasteiger partial charge in [-0.2, -0.15) is 0 Å². The average Bonchev–Trinajstić information content (AvgIpc) is 3.22. The van der Waals surface area contributed by atoms with Crippen molar-refractivity contribution in [3.05, 3.63) is 176 Å². The van der Waals surface area contributed by atoms with Crippen molar-refractivity contribution < 1.29 is 0 Å². The molecule has 3 nitrogen and oxygen atoms in total. The normalized spacial score (nSPS) is 11.8. The zero-order valence-electron chi connectivity index (χ0n) is 28.1. The highest BCUT2D eigenvalue weighted by Crippen LogP contribution is 2.44. The van der Waals surface area contributed by atoms with Gasteiger partial charge in [0.2, 0.25) is 0 Å². The molecule has 0 radical (unpaired) electrons. The summed E-state index contributed by atoms with van der Waals surface area (Å²) in [5, 5.41) is 11.0. The van der Waals surface area contributed by atoms with Gasteiger partial charge in [0.15, 0.2) is 0 Å². The van der Waals surface area contributed by atoms with Crippen molar-refractivity contribution in [2.24, 2.45) is 0 Å². The Bertz CT molecular complexity index is 3090. The molecule has 3 aromatic heterocycles. The Balaban J connectivity index is 1.16. The van der Waals surface area contributed by atoms with E-state index < -0.39 is 0 Å². The fourth-order valence-corrected chi connectivity index (χ4v) is 8.25. The molecule has 0 unspecified atom stereocenters. The highest BCUT2D eigenvalue weighted by Gasteiger charge is 2.17. The van der Waals surface area contributed by atoms with Gasteiger partial charge in [0.25, 0.3) is 0 Å². The molecule has 11 rings (SSSR count). The van der Waals surface area contributed by atoms with Crippen LogP contribution in [0.2, 0.25) is 0 Å². The summed E-state index contributed by atoms with van der Waals surface area (Å²) in [5.41, 5.74) is 12.5. The zero-order valence-corrected chi connectivity index (χ0v) is 28.1. The van der Waals surface area contributed by atoms with Crippen LogP contribution in [0.3, 0.4) is 0 Å². The first kappa shape index (κ1) is 28.8. The lowest BCUT2D eigenvalue weighted by Gasteiger charge is -2.18. The lowest BCUT2D eigenvalue weighted by atomic mass is 9.85. The van der Waals surface area contributed by atoms with E-state index in [1.807, 2.05) is 36.8 Å². The quantitative estimate of drug-likeness (QED) is 0.177. The van der Waals surface area contributed by atoms with Crippen LogP contribution < -0.4 is 0 Å². The second-order valence-electron chi connectivity index (χ2n) is 13.6. The molecule has 0 aliphatic carbocycles. The van der Waals surface area contributed by atoms with Crippen LogP contribution in [0.15, 0.2) is 176 Å². The Labute approximate surface area is 299 Å². The minimum atomic E-state index is 0.996. The zero-order chi connectivity index (χ0) is 34.2. The van der Waals surface area contributed by atoms with E-state index in [4.69, 9.17) is 0 Å². The molecule has 0 atom stereocenters. The number of fused-ring (bicyclic) bond motifs is 3. The van der Waals surface area contributed by atoms with E-state index in [9.17, 15) is 0 Å². The van der Waals surface area contributed by atoms with Crippen LogP contribution in [-0.4, -0.2) is 15.0 Å². The summed E-state index contributed by atoms with van der Waals surface area (Å²) in [6.07, 6.45) is 5.57. The van der Waals surface area contributed by atoms with Crippen molar-refractivity contribution in [3.63, 3.8) is 0 Å². The maximum Gasteiger partial charge on any atom is 0.0708 e. The van der Waals surface area contributed by atoms with Crippen LogP contribution in [0.25, 0.3) is 110 Å². The lowest BCUT2D eigenvalue weighted by Crippen LogP contribution is -1.91. The van der Waals surface area contributed by atoms with Crippen molar-refractivity contribution in [1.82, 2.24) is 15.0 Å². The fraction of sp³-hybridized carbons (Fsp3) is 0. The van der Waals surface area contributed by atoms with Crippen LogP contribution >= 0.6 is 0 Å². The van der Waals surface area contributed by atoms with E-state index >= 15 is 0 Å². The topological polar surface area (TPSA) is 38.7 Å². The molecule has 11 aromatic rings.